The predicted octanol–water partition coefficient (Wildman–Crippen LogP) is 0.199. The number of anilines is 1. The van der Waals surface area contributed by atoms with Crippen LogP contribution in [0.25, 0.3) is 0 Å². The van der Waals surface area contributed by atoms with Gasteiger partial charge in [0.2, 0.25) is 0 Å². The van der Waals surface area contributed by atoms with Crippen LogP contribution in [0.2, 0.25) is 0 Å². The molecule has 0 aromatic heterocycles. The molecule has 1 aromatic rings. The first-order chi connectivity index (χ1) is 9.85. The van der Waals surface area contributed by atoms with E-state index in [9.17, 15) is 18.3 Å². The van der Waals surface area contributed by atoms with Gasteiger partial charge in [0.15, 0.2) is 9.84 Å². The van der Waals surface area contributed by atoms with Gasteiger partial charge in [0.05, 0.1) is 23.7 Å². The van der Waals surface area contributed by atoms with E-state index in [4.69, 9.17) is 5.73 Å². The van der Waals surface area contributed by atoms with E-state index in [1.165, 1.54) is 4.90 Å². The van der Waals surface area contributed by atoms with Crippen LogP contribution in [0.1, 0.15) is 22.3 Å². The average Bonchev–Trinajstić information content (AvgIpc) is 2.75. The molecule has 0 radical (unpaired) electrons. The number of hydrogen-bond acceptors (Lipinski definition) is 5. The van der Waals surface area contributed by atoms with Crippen molar-refractivity contribution in [2.45, 2.75) is 19.4 Å². The molecule has 1 aliphatic rings. The number of nitrogens with zero attached hydrogens (tertiary/aromatic N) is 1. The molecule has 7 heteroatoms. The lowest BCUT2D eigenvalue weighted by atomic mass is 10.0. The van der Waals surface area contributed by atoms with Gasteiger partial charge < -0.3 is 15.7 Å². The van der Waals surface area contributed by atoms with E-state index < -0.39 is 15.9 Å². The molecule has 1 amide bonds. The molecular weight excluding hydrogens is 292 g/mol. The molecular formula is C14H20N2O4S. The maximum Gasteiger partial charge on any atom is 0.256 e. The van der Waals surface area contributed by atoms with Gasteiger partial charge in [0, 0.05) is 18.3 Å². The number of aliphatic hydroxyl groups excluding tert-OH is 1. The second kappa shape index (κ2) is 6.03. The van der Waals surface area contributed by atoms with E-state index in [-0.39, 0.29) is 30.6 Å². The second-order valence-electron chi connectivity index (χ2n) is 5.32. The van der Waals surface area contributed by atoms with Crippen molar-refractivity contribution in [3.05, 3.63) is 29.3 Å². The molecule has 0 bridgehead atoms. The van der Waals surface area contributed by atoms with Crippen molar-refractivity contribution >= 4 is 21.4 Å². The van der Waals surface area contributed by atoms with Crippen LogP contribution in [-0.4, -0.2) is 55.0 Å². The van der Waals surface area contributed by atoms with Crippen LogP contribution >= 0.6 is 0 Å². The lowest BCUT2D eigenvalue weighted by molar-refractivity contribution is 0.0656. The molecule has 1 aliphatic heterocycles. The summed E-state index contributed by atoms with van der Waals surface area (Å²) in [5, 5.41) is 9.19. The minimum absolute atomic E-state index is 0.0511. The highest BCUT2D eigenvalue weighted by Crippen LogP contribution is 2.23. The monoisotopic (exact) mass is 312 g/mol. The van der Waals surface area contributed by atoms with Gasteiger partial charge in [0.25, 0.3) is 5.91 Å². The lowest BCUT2D eigenvalue weighted by Crippen LogP contribution is -2.43. The quantitative estimate of drug-likeness (QED) is 0.773. The maximum absolute atomic E-state index is 12.7. The fourth-order valence-electron chi connectivity index (χ4n) is 2.71. The van der Waals surface area contributed by atoms with Crippen LogP contribution in [0.4, 0.5) is 5.69 Å². The molecule has 1 aromatic carbocycles. The summed E-state index contributed by atoms with van der Waals surface area (Å²) in [4.78, 5) is 14.1. The fraction of sp³-hybridized carbons (Fsp3) is 0.500. The summed E-state index contributed by atoms with van der Waals surface area (Å²) in [5.74, 6) is -0.289. The first kappa shape index (κ1) is 15.8. The molecule has 3 N–H and O–H groups in total. The Hall–Kier alpha value is -1.60. The van der Waals surface area contributed by atoms with Gasteiger partial charge in [-0.15, -0.1) is 0 Å². The molecule has 116 valence electrons. The molecule has 1 atom stereocenters. The molecule has 6 nitrogen and oxygen atoms in total. The molecule has 1 saturated heterocycles. The highest BCUT2D eigenvalue weighted by atomic mass is 32.2. The molecule has 0 spiro atoms. The summed E-state index contributed by atoms with van der Waals surface area (Å²) in [6.07, 6.45) is 0.403. The Balaban J connectivity index is 2.32. The Bertz CT molecular complexity index is 622. The van der Waals surface area contributed by atoms with Crippen LogP contribution in [0.3, 0.4) is 0 Å². The number of amides is 1. The number of aryl methyl sites for hydroxylation is 1. The first-order valence-corrected chi connectivity index (χ1v) is 8.65. The third-order valence-electron chi connectivity index (χ3n) is 3.77. The predicted molar refractivity (Wildman–Crippen MR) is 80.8 cm³/mol. The van der Waals surface area contributed by atoms with Crippen molar-refractivity contribution in [1.29, 1.82) is 0 Å². The number of rotatable bonds is 4. The molecule has 1 fully saturated rings. The Labute approximate surface area is 124 Å². The highest BCUT2D eigenvalue weighted by molar-refractivity contribution is 7.91. The topological polar surface area (TPSA) is 101 Å². The third kappa shape index (κ3) is 3.36. The van der Waals surface area contributed by atoms with Gasteiger partial charge in [-0.2, -0.15) is 0 Å². The summed E-state index contributed by atoms with van der Waals surface area (Å²) in [7, 11) is -3.10. The molecule has 0 aliphatic carbocycles. The number of sulfone groups is 1. The van der Waals surface area contributed by atoms with E-state index in [1.54, 1.807) is 25.1 Å². The standard InChI is InChI=1S/C14H20N2O4S/c1-10-3-2-4-12(15)13(10)14(18)16(6-7-17)11-5-8-21(19,20)9-11/h2-4,11,17H,5-9,15H2,1H3. The Morgan fingerprint density at radius 1 is 1.48 bits per heavy atom. The van der Waals surface area contributed by atoms with E-state index >= 15 is 0 Å². The average molecular weight is 312 g/mol. The van der Waals surface area contributed by atoms with E-state index in [1.807, 2.05) is 0 Å². The maximum atomic E-state index is 12.7. The Morgan fingerprint density at radius 3 is 2.71 bits per heavy atom. The third-order valence-corrected chi connectivity index (χ3v) is 5.52. The zero-order chi connectivity index (χ0) is 15.6. The van der Waals surface area contributed by atoms with Gasteiger partial charge in [-0.25, -0.2) is 8.42 Å². The smallest absolute Gasteiger partial charge is 0.256 e. The number of nitrogens with two attached hydrogens (primary N) is 1. The second-order valence-corrected chi connectivity index (χ2v) is 7.55. The van der Waals surface area contributed by atoms with Crippen LogP contribution in [0.5, 0.6) is 0 Å². The van der Waals surface area contributed by atoms with E-state index in [0.29, 0.717) is 17.7 Å². The van der Waals surface area contributed by atoms with Gasteiger partial charge >= 0.3 is 0 Å². The Kier molecular flexibility index (Phi) is 4.53. The largest absolute Gasteiger partial charge is 0.398 e. The van der Waals surface area contributed by atoms with Crippen LogP contribution in [-0.2, 0) is 9.84 Å². The zero-order valence-electron chi connectivity index (χ0n) is 11.9. The van der Waals surface area contributed by atoms with Gasteiger partial charge in [-0.1, -0.05) is 12.1 Å². The summed E-state index contributed by atoms with van der Waals surface area (Å²) >= 11 is 0. The molecule has 1 unspecified atom stereocenters. The van der Waals surface area contributed by atoms with Crippen LogP contribution in [0.15, 0.2) is 18.2 Å². The van der Waals surface area contributed by atoms with Crippen molar-refractivity contribution in [2.75, 3.05) is 30.4 Å². The van der Waals surface area contributed by atoms with Crippen molar-refractivity contribution in [1.82, 2.24) is 4.90 Å². The van der Waals surface area contributed by atoms with E-state index in [0.717, 1.165) is 5.56 Å². The Morgan fingerprint density at radius 2 is 2.19 bits per heavy atom. The number of aliphatic hydroxyl groups is 1. The van der Waals surface area contributed by atoms with Crippen molar-refractivity contribution in [2.24, 2.45) is 0 Å². The number of carbonyl (C=O) groups is 1. The van der Waals surface area contributed by atoms with Gasteiger partial charge in [0.1, 0.15) is 0 Å². The molecule has 0 saturated carbocycles. The summed E-state index contributed by atoms with van der Waals surface area (Å²) in [5.41, 5.74) is 7.37. The fourth-order valence-corrected chi connectivity index (χ4v) is 4.44. The molecule has 1 heterocycles. The van der Waals surface area contributed by atoms with Crippen molar-refractivity contribution in [3.63, 3.8) is 0 Å². The van der Waals surface area contributed by atoms with E-state index in [2.05, 4.69) is 0 Å². The van der Waals surface area contributed by atoms with Crippen LogP contribution in [0, 0.1) is 6.92 Å². The normalized spacial score (nSPS) is 20.4. The summed E-state index contributed by atoms with van der Waals surface area (Å²) in [6.45, 7) is 1.67. The van der Waals surface area contributed by atoms with Gasteiger partial charge in [-0.3, -0.25) is 4.79 Å². The van der Waals surface area contributed by atoms with Crippen LogP contribution < -0.4 is 5.73 Å². The molecule has 21 heavy (non-hydrogen) atoms. The molecule has 2 rings (SSSR count). The number of nitrogen functional groups attached to an aromatic ring is 1. The lowest BCUT2D eigenvalue weighted by Gasteiger charge is -2.28. The SMILES string of the molecule is Cc1cccc(N)c1C(=O)N(CCO)C1CCS(=O)(=O)C1. The van der Waals surface area contributed by atoms with Crippen molar-refractivity contribution in [3.8, 4) is 0 Å². The summed E-state index contributed by atoms with van der Waals surface area (Å²) in [6, 6.07) is 4.79. The minimum Gasteiger partial charge on any atom is -0.398 e. The highest BCUT2D eigenvalue weighted by Gasteiger charge is 2.35. The van der Waals surface area contributed by atoms with Gasteiger partial charge in [-0.05, 0) is 25.0 Å². The number of carbonyl (C=O) groups excluding carboxylic acids is 1. The zero-order valence-corrected chi connectivity index (χ0v) is 12.8. The number of benzene rings is 1. The number of hydrogen-bond donors (Lipinski definition) is 2. The van der Waals surface area contributed by atoms with Crippen molar-refractivity contribution < 1.29 is 18.3 Å². The summed E-state index contributed by atoms with van der Waals surface area (Å²) < 4.78 is 23.2. The first-order valence-electron chi connectivity index (χ1n) is 6.83. The minimum atomic E-state index is -3.10.